The predicted octanol–water partition coefficient (Wildman–Crippen LogP) is 2.60. The Morgan fingerprint density at radius 1 is 1.53 bits per heavy atom. The molecule has 0 saturated heterocycles. The van der Waals surface area contributed by atoms with Crippen molar-refractivity contribution < 1.29 is 9.90 Å². The van der Waals surface area contributed by atoms with Gasteiger partial charge in [-0.05, 0) is 32.8 Å². The number of nitrogens with one attached hydrogen (secondary N) is 2. The monoisotopic (exact) mass is 300 g/mol. The average Bonchev–Trinajstić information content (AvgIpc) is 2.79. The Balaban J connectivity index is 1.96. The lowest BCUT2D eigenvalue weighted by atomic mass is 10.1. The SMILES string of the molecule is CC(CCCO)NC(C)c1cc2c(s1)SCC(=O)N2. The van der Waals surface area contributed by atoms with Gasteiger partial charge in [0.25, 0.3) is 0 Å². The van der Waals surface area contributed by atoms with Crippen LogP contribution in [-0.2, 0) is 4.79 Å². The second-order valence-corrected chi connectivity index (χ2v) is 7.17. The van der Waals surface area contributed by atoms with Crippen molar-refractivity contribution in [1.82, 2.24) is 5.32 Å². The van der Waals surface area contributed by atoms with Crippen molar-refractivity contribution in [1.29, 1.82) is 0 Å². The average molecular weight is 300 g/mol. The zero-order valence-corrected chi connectivity index (χ0v) is 12.9. The maximum absolute atomic E-state index is 11.3. The number of anilines is 1. The van der Waals surface area contributed by atoms with Gasteiger partial charge < -0.3 is 15.7 Å². The molecule has 0 radical (unpaired) electrons. The van der Waals surface area contributed by atoms with Crippen molar-refractivity contribution in [2.45, 2.75) is 43.0 Å². The van der Waals surface area contributed by atoms with Gasteiger partial charge in [-0.25, -0.2) is 0 Å². The van der Waals surface area contributed by atoms with E-state index in [0.29, 0.717) is 11.8 Å². The lowest BCUT2D eigenvalue weighted by molar-refractivity contribution is -0.113. The van der Waals surface area contributed by atoms with Crippen molar-refractivity contribution in [2.24, 2.45) is 0 Å². The van der Waals surface area contributed by atoms with E-state index in [4.69, 9.17) is 5.11 Å². The molecular formula is C13H20N2O2S2. The summed E-state index contributed by atoms with van der Waals surface area (Å²) in [5, 5.41) is 15.3. The molecule has 3 N–H and O–H groups in total. The minimum atomic E-state index is 0.0822. The Labute approximate surface area is 122 Å². The third-order valence-electron chi connectivity index (χ3n) is 3.08. The molecule has 0 spiro atoms. The number of fused-ring (bicyclic) bond motifs is 1. The molecule has 2 rings (SSSR count). The third-order valence-corrected chi connectivity index (χ3v) is 5.69. The number of hydrogen-bond acceptors (Lipinski definition) is 5. The van der Waals surface area contributed by atoms with Gasteiger partial charge in [-0.3, -0.25) is 4.79 Å². The minimum Gasteiger partial charge on any atom is -0.396 e. The first-order chi connectivity index (χ1) is 9.10. The van der Waals surface area contributed by atoms with Crippen LogP contribution in [0, 0.1) is 0 Å². The van der Waals surface area contributed by atoms with Crippen LogP contribution >= 0.6 is 23.1 Å². The molecule has 2 atom stereocenters. The number of carbonyl (C=O) groups is 1. The molecule has 1 aliphatic heterocycles. The zero-order chi connectivity index (χ0) is 13.8. The van der Waals surface area contributed by atoms with E-state index in [1.165, 1.54) is 9.09 Å². The highest BCUT2D eigenvalue weighted by atomic mass is 32.2. The molecule has 1 aromatic heterocycles. The predicted molar refractivity (Wildman–Crippen MR) is 81.0 cm³/mol. The van der Waals surface area contributed by atoms with Crippen LogP contribution in [-0.4, -0.2) is 29.4 Å². The number of carbonyl (C=O) groups excluding carboxylic acids is 1. The van der Waals surface area contributed by atoms with E-state index < -0.39 is 0 Å². The number of amides is 1. The Morgan fingerprint density at radius 2 is 2.32 bits per heavy atom. The van der Waals surface area contributed by atoms with Crippen molar-refractivity contribution in [3.63, 3.8) is 0 Å². The second kappa shape index (κ2) is 6.74. The lowest BCUT2D eigenvalue weighted by Gasteiger charge is -2.18. The van der Waals surface area contributed by atoms with Gasteiger partial charge in [0.1, 0.15) is 0 Å². The summed E-state index contributed by atoms with van der Waals surface area (Å²) in [7, 11) is 0. The quantitative estimate of drug-likeness (QED) is 0.756. The van der Waals surface area contributed by atoms with E-state index in [0.717, 1.165) is 18.5 Å². The van der Waals surface area contributed by atoms with E-state index in [2.05, 4.69) is 30.5 Å². The smallest absolute Gasteiger partial charge is 0.234 e. The van der Waals surface area contributed by atoms with Crippen molar-refractivity contribution >= 4 is 34.7 Å². The molecule has 0 bridgehead atoms. The van der Waals surface area contributed by atoms with Gasteiger partial charge in [-0.2, -0.15) is 0 Å². The molecule has 2 heterocycles. The first kappa shape index (κ1) is 14.8. The number of aliphatic hydroxyl groups excluding tert-OH is 1. The van der Waals surface area contributed by atoms with Crippen LogP contribution < -0.4 is 10.6 Å². The zero-order valence-electron chi connectivity index (χ0n) is 11.2. The lowest BCUT2D eigenvalue weighted by Crippen LogP contribution is -2.28. The minimum absolute atomic E-state index is 0.0822. The van der Waals surface area contributed by atoms with Crippen LogP contribution in [0.3, 0.4) is 0 Å². The molecule has 4 nitrogen and oxygen atoms in total. The van der Waals surface area contributed by atoms with Gasteiger partial charge in [-0.1, -0.05) is 0 Å². The molecule has 1 aliphatic rings. The summed E-state index contributed by atoms with van der Waals surface area (Å²) < 4.78 is 1.20. The number of rotatable bonds is 6. The van der Waals surface area contributed by atoms with Crippen molar-refractivity contribution in [3.8, 4) is 0 Å². The van der Waals surface area contributed by atoms with Crippen molar-refractivity contribution in [2.75, 3.05) is 17.7 Å². The summed E-state index contributed by atoms with van der Waals surface area (Å²) in [6.07, 6.45) is 1.80. The van der Waals surface area contributed by atoms with E-state index in [-0.39, 0.29) is 18.6 Å². The summed E-state index contributed by atoms with van der Waals surface area (Å²) in [6.45, 7) is 4.52. The van der Waals surface area contributed by atoms with E-state index >= 15 is 0 Å². The van der Waals surface area contributed by atoms with Gasteiger partial charge >= 0.3 is 0 Å². The van der Waals surface area contributed by atoms with Crippen LogP contribution in [0.2, 0.25) is 0 Å². The van der Waals surface area contributed by atoms with Gasteiger partial charge in [0, 0.05) is 23.6 Å². The van der Waals surface area contributed by atoms with E-state index in [1.54, 1.807) is 23.1 Å². The molecule has 0 aromatic carbocycles. The Kier molecular flexibility index (Phi) is 5.27. The second-order valence-electron chi connectivity index (χ2n) is 4.84. The molecule has 1 aromatic rings. The largest absolute Gasteiger partial charge is 0.396 e. The number of thiophene rings is 1. The van der Waals surface area contributed by atoms with Crippen LogP contribution in [0.4, 0.5) is 5.69 Å². The Morgan fingerprint density at radius 3 is 3.05 bits per heavy atom. The standard InChI is InChI=1S/C13H20N2O2S2/c1-8(4-3-5-16)14-9(2)11-6-10-13(19-11)18-7-12(17)15-10/h6,8-9,14,16H,3-5,7H2,1-2H3,(H,15,17). The highest BCUT2D eigenvalue weighted by Crippen LogP contribution is 2.41. The first-order valence-corrected chi connectivity index (χ1v) is 8.33. The van der Waals surface area contributed by atoms with Crippen LogP contribution in [0.15, 0.2) is 10.3 Å². The van der Waals surface area contributed by atoms with E-state index in [1.807, 2.05) is 0 Å². The summed E-state index contributed by atoms with van der Waals surface area (Å²) in [5.41, 5.74) is 0.956. The third kappa shape index (κ3) is 3.95. The highest BCUT2D eigenvalue weighted by Gasteiger charge is 2.21. The number of hydrogen-bond donors (Lipinski definition) is 3. The molecule has 0 saturated carbocycles. The molecule has 2 unspecified atom stereocenters. The maximum Gasteiger partial charge on any atom is 0.234 e. The highest BCUT2D eigenvalue weighted by molar-refractivity contribution is 8.02. The molecule has 19 heavy (non-hydrogen) atoms. The fraction of sp³-hybridized carbons (Fsp3) is 0.615. The molecule has 1 amide bonds. The summed E-state index contributed by atoms with van der Waals surface area (Å²) in [5.74, 6) is 0.598. The molecule has 6 heteroatoms. The van der Waals surface area contributed by atoms with Gasteiger partial charge in [0.05, 0.1) is 15.6 Å². The normalized spacial score (nSPS) is 17.7. The topological polar surface area (TPSA) is 61.4 Å². The molecule has 106 valence electrons. The van der Waals surface area contributed by atoms with E-state index in [9.17, 15) is 4.79 Å². The Bertz CT molecular complexity index is 448. The van der Waals surface area contributed by atoms with Crippen LogP contribution in [0.25, 0.3) is 0 Å². The number of aliphatic hydroxyl groups is 1. The molecule has 0 aliphatic carbocycles. The molecule has 0 fully saturated rings. The van der Waals surface area contributed by atoms with Gasteiger partial charge in [0.15, 0.2) is 0 Å². The summed E-state index contributed by atoms with van der Waals surface area (Å²) >= 11 is 3.36. The Hall–Kier alpha value is -0.560. The number of thioether (sulfide) groups is 1. The fourth-order valence-corrected chi connectivity index (χ4v) is 4.26. The molecular weight excluding hydrogens is 280 g/mol. The summed E-state index contributed by atoms with van der Waals surface area (Å²) in [6, 6.07) is 2.71. The fourth-order valence-electron chi connectivity index (χ4n) is 2.11. The summed E-state index contributed by atoms with van der Waals surface area (Å²) in [4.78, 5) is 12.6. The van der Waals surface area contributed by atoms with Gasteiger partial charge in [-0.15, -0.1) is 23.1 Å². The first-order valence-electron chi connectivity index (χ1n) is 6.53. The maximum atomic E-state index is 11.3. The van der Waals surface area contributed by atoms with Crippen molar-refractivity contribution in [3.05, 3.63) is 10.9 Å². The van der Waals surface area contributed by atoms with Crippen LogP contribution in [0.5, 0.6) is 0 Å². The van der Waals surface area contributed by atoms with Gasteiger partial charge in [0.2, 0.25) is 5.91 Å². The van der Waals surface area contributed by atoms with Crippen LogP contribution in [0.1, 0.15) is 37.6 Å².